The first-order valence-electron chi connectivity index (χ1n) is 12.9. The first-order valence-corrected chi connectivity index (χ1v) is 13.7. The maximum Gasteiger partial charge on any atom is 0.298 e. The van der Waals surface area contributed by atoms with Crippen LogP contribution >= 0.6 is 11.8 Å². The largest absolute Gasteiger partial charge is 0.496 e. The summed E-state index contributed by atoms with van der Waals surface area (Å²) in [4.78, 5) is 25.6. The summed E-state index contributed by atoms with van der Waals surface area (Å²) in [6.07, 6.45) is 8.20. The van der Waals surface area contributed by atoms with Crippen molar-refractivity contribution in [2.45, 2.75) is 43.9 Å². The van der Waals surface area contributed by atoms with E-state index < -0.39 is 0 Å². The third-order valence-electron chi connectivity index (χ3n) is 9.09. The van der Waals surface area contributed by atoms with Gasteiger partial charge in [0.2, 0.25) is 5.12 Å². The smallest absolute Gasteiger partial charge is 0.298 e. The number of nitrogens with zero attached hydrogens (tertiary/aromatic N) is 1. The van der Waals surface area contributed by atoms with Gasteiger partial charge in [-0.1, -0.05) is 30.8 Å². The van der Waals surface area contributed by atoms with Crippen LogP contribution < -0.4 is 9.64 Å². The molecule has 4 nitrogen and oxygen atoms in total. The number of carbonyl (C=O) groups excluding carboxylic acids is 2. The van der Waals surface area contributed by atoms with Crippen molar-refractivity contribution >= 4 is 38.6 Å². The summed E-state index contributed by atoms with van der Waals surface area (Å²) in [6, 6.07) is 19.1. The first kappa shape index (κ1) is 22.2. The highest BCUT2D eigenvalue weighted by Gasteiger charge is 2.52. The fourth-order valence-corrected chi connectivity index (χ4v) is 8.62. The van der Waals surface area contributed by atoms with Crippen molar-refractivity contribution < 1.29 is 14.3 Å². The van der Waals surface area contributed by atoms with Gasteiger partial charge in [0.25, 0.3) is 5.24 Å². The second kappa shape index (κ2) is 7.97. The number of amides is 1. The Labute approximate surface area is 215 Å². The molecule has 0 radical (unpaired) electrons. The van der Waals surface area contributed by atoms with Crippen LogP contribution in [0.5, 0.6) is 5.75 Å². The number of methoxy groups -OCH3 is 1. The van der Waals surface area contributed by atoms with Gasteiger partial charge in [-0.3, -0.25) is 14.5 Å². The van der Waals surface area contributed by atoms with E-state index in [0.717, 1.165) is 34.3 Å². The van der Waals surface area contributed by atoms with Gasteiger partial charge in [0.1, 0.15) is 5.75 Å². The minimum atomic E-state index is -0.295. The van der Waals surface area contributed by atoms with E-state index in [2.05, 4.69) is 43.0 Å². The maximum absolute atomic E-state index is 12.3. The summed E-state index contributed by atoms with van der Waals surface area (Å²) >= 11 is 0.699. The standard InChI is InChI=1S/C31H29NO3S/c1-18-29(33)36-30(34)32(18)26-7-5-23-12-22(3-4-24(23)13-26)25-6-8-28(35-2)27(14-25)31-15-19-9-20(16-31)11-21(10-19)17-31/h3-8,12-14,19-21H,1,9-11,15-17H2,2H3. The second-order valence-electron chi connectivity index (χ2n) is 11.3. The average Bonchev–Trinajstić information content (AvgIpc) is 3.13. The molecule has 5 fully saturated rings. The van der Waals surface area contributed by atoms with Crippen LogP contribution in [0.1, 0.15) is 44.1 Å². The van der Waals surface area contributed by atoms with Crippen molar-refractivity contribution in [2.75, 3.05) is 12.0 Å². The molecular formula is C31H29NO3S. The van der Waals surface area contributed by atoms with Crippen LogP contribution in [0.25, 0.3) is 21.9 Å². The van der Waals surface area contributed by atoms with E-state index in [-0.39, 0.29) is 21.5 Å². The van der Waals surface area contributed by atoms with Crippen molar-refractivity contribution in [3.05, 3.63) is 72.4 Å². The molecule has 1 aliphatic heterocycles. The predicted octanol–water partition coefficient (Wildman–Crippen LogP) is 7.70. The van der Waals surface area contributed by atoms with E-state index in [1.54, 1.807) is 7.11 Å². The average molecular weight is 496 g/mol. The second-order valence-corrected chi connectivity index (χ2v) is 12.2. The zero-order valence-electron chi connectivity index (χ0n) is 20.5. The molecule has 182 valence electrons. The number of ether oxygens (including phenoxy) is 1. The summed E-state index contributed by atoms with van der Waals surface area (Å²) < 4.78 is 5.92. The number of rotatable bonds is 4. The SMILES string of the molecule is C=C1C(=O)SC(=O)N1c1ccc2cc(-c3ccc(OC)c(C45CC6CC(CC(C6)C4)C5)c3)ccc2c1. The number of hydrogen-bond acceptors (Lipinski definition) is 4. The molecule has 5 aliphatic rings. The molecule has 0 atom stereocenters. The van der Waals surface area contributed by atoms with E-state index >= 15 is 0 Å². The Bertz CT molecular complexity index is 1420. The molecule has 0 spiro atoms. The Morgan fingerprint density at radius 1 is 0.861 bits per heavy atom. The van der Waals surface area contributed by atoms with E-state index in [9.17, 15) is 9.59 Å². The molecule has 36 heavy (non-hydrogen) atoms. The lowest BCUT2D eigenvalue weighted by atomic mass is 9.48. The molecule has 0 N–H and O–H groups in total. The third-order valence-corrected chi connectivity index (χ3v) is 9.87. The molecule has 3 aromatic carbocycles. The minimum Gasteiger partial charge on any atom is -0.496 e. The van der Waals surface area contributed by atoms with Gasteiger partial charge in [-0.25, -0.2) is 0 Å². The molecule has 1 heterocycles. The fraction of sp³-hybridized carbons (Fsp3) is 0.355. The zero-order chi connectivity index (χ0) is 24.6. The molecule has 8 rings (SSSR count). The number of fused-ring (bicyclic) bond motifs is 1. The number of anilines is 1. The Hall–Kier alpha value is -3.05. The van der Waals surface area contributed by atoms with Gasteiger partial charge in [0, 0.05) is 17.3 Å². The lowest BCUT2D eigenvalue weighted by molar-refractivity contribution is -0.107. The Morgan fingerprint density at radius 3 is 2.11 bits per heavy atom. The minimum absolute atomic E-state index is 0.219. The van der Waals surface area contributed by atoms with Crippen LogP contribution in [0.3, 0.4) is 0 Å². The molecule has 1 amide bonds. The Morgan fingerprint density at radius 2 is 1.47 bits per heavy atom. The van der Waals surface area contributed by atoms with Crippen LogP contribution in [0, 0.1) is 17.8 Å². The Balaban J connectivity index is 1.26. The third kappa shape index (κ3) is 3.36. The topological polar surface area (TPSA) is 46.6 Å². The molecule has 5 heteroatoms. The first-order chi connectivity index (χ1) is 17.4. The van der Waals surface area contributed by atoms with Crippen molar-refractivity contribution in [1.82, 2.24) is 0 Å². The zero-order valence-corrected chi connectivity index (χ0v) is 21.3. The molecule has 3 aromatic rings. The summed E-state index contributed by atoms with van der Waals surface area (Å²) in [6.45, 7) is 3.79. The molecule has 0 aromatic heterocycles. The molecule has 0 unspecified atom stereocenters. The molecule has 4 aliphatic carbocycles. The van der Waals surface area contributed by atoms with Crippen LogP contribution in [0.15, 0.2) is 66.9 Å². The van der Waals surface area contributed by atoms with Gasteiger partial charge >= 0.3 is 0 Å². The Kier molecular flexibility index (Phi) is 4.91. The van der Waals surface area contributed by atoms with E-state index in [1.165, 1.54) is 60.1 Å². The van der Waals surface area contributed by atoms with Gasteiger partial charge in [0.05, 0.1) is 18.5 Å². The van der Waals surface area contributed by atoms with E-state index in [1.807, 2.05) is 18.2 Å². The van der Waals surface area contributed by atoms with Crippen LogP contribution in [0.4, 0.5) is 10.5 Å². The number of thioether (sulfide) groups is 1. The summed E-state index contributed by atoms with van der Waals surface area (Å²) in [7, 11) is 1.80. The summed E-state index contributed by atoms with van der Waals surface area (Å²) in [5.74, 6) is 3.68. The van der Waals surface area contributed by atoms with Crippen molar-refractivity contribution in [3.8, 4) is 16.9 Å². The van der Waals surface area contributed by atoms with Crippen LogP contribution in [-0.4, -0.2) is 17.5 Å². The lowest BCUT2D eigenvalue weighted by Crippen LogP contribution is -2.48. The summed E-state index contributed by atoms with van der Waals surface area (Å²) in [5.41, 5.74) is 4.97. The van der Waals surface area contributed by atoms with Crippen molar-refractivity contribution in [1.29, 1.82) is 0 Å². The highest BCUT2D eigenvalue weighted by Crippen LogP contribution is 2.62. The van der Waals surface area contributed by atoms with Gasteiger partial charge in [-0.05, 0) is 114 Å². The maximum atomic E-state index is 12.3. The van der Waals surface area contributed by atoms with Crippen LogP contribution in [0.2, 0.25) is 0 Å². The van der Waals surface area contributed by atoms with Crippen molar-refractivity contribution in [3.63, 3.8) is 0 Å². The normalized spacial score (nSPS) is 29.0. The van der Waals surface area contributed by atoms with Gasteiger partial charge in [-0.2, -0.15) is 0 Å². The van der Waals surface area contributed by atoms with E-state index in [4.69, 9.17) is 4.74 Å². The van der Waals surface area contributed by atoms with Crippen molar-refractivity contribution in [2.24, 2.45) is 17.8 Å². The van der Waals surface area contributed by atoms with Gasteiger partial charge < -0.3 is 4.74 Å². The highest BCUT2D eigenvalue weighted by molar-refractivity contribution is 8.27. The number of carbonyl (C=O) groups is 2. The van der Waals surface area contributed by atoms with Gasteiger partial charge in [0.15, 0.2) is 0 Å². The summed E-state index contributed by atoms with van der Waals surface area (Å²) in [5, 5.41) is 1.54. The number of hydrogen-bond donors (Lipinski definition) is 0. The number of benzene rings is 3. The quantitative estimate of drug-likeness (QED) is 0.348. The molecule has 1 saturated heterocycles. The fourth-order valence-electron chi connectivity index (χ4n) is 7.94. The van der Waals surface area contributed by atoms with Crippen LogP contribution in [-0.2, 0) is 10.2 Å². The molecule has 4 saturated carbocycles. The lowest BCUT2D eigenvalue weighted by Gasteiger charge is -2.57. The highest BCUT2D eigenvalue weighted by atomic mass is 32.2. The molecular weight excluding hydrogens is 466 g/mol. The van der Waals surface area contributed by atoms with E-state index in [0.29, 0.717) is 17.4 Å². The van der Waals surface area contributed by atoms with Gasteiger partial charge in [-0.15, -0.1) is 0 Å². The monoisotopic (exact) mass is 495 g/mol. The predicted molar refractivity (Wildman–Crippen MR) is 145 cm³/mol. The molecule has 4 bridgehead atoms.